The summed E-state index contributed by atoms with van der Waals surface area (Å²) < 4.78 is 4.99. The average molecular weight is 435 g/mol. The Morgan fingerprint density at radius 3 is 2.78 bits per heavy atom. The second-order valence-electron chi connectivity index (χ2n) is 8.03. The molecule has 32 heavy (non-hydrogen) atoms. The van der Waals surface area contributed by atoms with Crippen molar-refractivity contribution in [2.75, 3.05) is 13.7 Å². The maximum absolute atomic E-state index is 12.8. The maximum Gasteiger partial charge on any atom is 0.311 e. The van der Waals surface area contributed by atoms with Crippen LogP contribution in [-0.2, 0) is 20.7 Å². The molecule has 1 amide bonds. The minimum Gasteiger partial charge on any atom is -0.469 e. The minimum atomic E-state index is -0.573. The van der Waals surface area contributed by atoms with Crippen LogP contribution in [0.4, 0.5) is 0 Å². The lowest BCUT2D eigenvalue weighted by molar-refractivity contribution is -0.146. The van der Waals surface area contributed by atoms with E-state index in [1.54, 1.807) is 25.1 Å². The van der Waals surface area contributed by atoms with Gasteiger partial charge in [-0.3, -0.25) is 15.0 Å². The Morgan fingerprint density at radius 1 is 1.34 bits per heavy atom. The van der Waals surface area contributed by atoms with Crippen molar-refractivity contribution in [1.82, 2.24) is 10.6 Å². The molecule has 7 heteroatoms. The van der Waals surface area contributed by atoms with Crippen molar-refractivity contribution < 1.29 is 14.3 Å². The lowest BCUT2D eigenvalue weighted by atomic mass is 9.88. The third-order valence-corrected chi connectivity index (χ3v) is 5.76. The normalized spacial score (nSPS) is 19.1. The fourth-order valence-corrected chi connectivity index (χ4v) is 3.88. The molecule has 1 heterocycles. The largest absolute Gasteiger partial charge is 0.469 e. The van der Waals surface area contributed by atoms with E-state index in [9.17, 15) is 9.59 Å². The monoisotopic (exact) mass is 434 g/mol. The number of methoxy groups -OCH3 is 1. The molecule has 0 bridgehead atoms. The highest BCUT2D eigenvalue weighted by atomic mass is 16.5. The molecule has 0 saturated heterocycles. The van der Waals surface area contributed by atoms with Gasteiger partial charge in [-0.15, -0.1) is 0 Å². The van der Waals surface area contributed by atoms with Crippen molar-refractivity contribution in [3.63, 3.8) is 0 Å². The van der Waals surface area contributed by atoms with Crippen LogP contribution in [0.15, 0.2) is 72.0 Å². The van der Waals surface area contributed by atoms with E-state index in [1.165, 1.54) is 12.7 Å². The highest BCUT2D eigenvalue weighted by Crippen LogP contribution is 2.25. The van der Waals surface area contributed by atoms with Gasteiger partial charge in [-0.25, -0.2) is 0 Å². The predicted molar refractivity (Wildman–Crippen MR) is 125 cm³/mol. The number of nitrogen functional groups attached to an aromatic ring is 1. The van der Waals surface area contributed by atoms with Gasteiger partial charge in [-0.2, -0.15) is 0 Å². The third kappa shape index (κ3) is 5.75. The van der Waals surface area contributed by atoms with Crippen LogP contribution in [0.3, 0.4) is 0 Å². The van der Waals surface area contributed by atoms with Crippen LogP contribution >= 0.6 is 0 Å². The highest BCUT2D eigenvalue weighted by Gasteiger charge is 2.28. The summed E-state index contributed by atoms with van der Waals surface area (Å²) in [5.74, 6) is -0.986. The number of nitrogens with two attached hydrogens (primary N) is 1. The standard InChI is InChI=1S/C25H30N4O3/c1-16(22(25(31)32-2)14-17-5-3-6-20(13-17)23(26)27)29-24(30)19-10-8-18(9-11-19)21-7-4-12-28-15-21/h3-8,10-11,13,15-16,18,22,28H,9,12,14H2,1-2H3,(H3,26,27)(H,29,30)/t16-,18?,22?/m1/s1. The second kappa shape index (κ2) is 10.6. The number of esters is 1. The van der Waals surface area contributed by atoms with E-state index >= 15 is 0 Å². The number of benzene rings is 1. The van der Waals surface area contributed by atoms with Gasteiger partial charge in [-0.1, -0.05) is 48.6 Å². The lowest BCUT2D eigenvalue weighted by Crippen LogP contribution is -2.43. The number of hydrogen-bond donors (Lipinski definition) is 4. The fourth-order valence-electron chi connectivity index (χ4n) is 3.88. The average Bonchev–Trinajstić information content (AvgIpc) is 2.82. The van der Waals surface area contributed by atoms with Crippen LogP contribution in [0.25, 0.3) is 0 Å². The summed E-state index contributed by atoms with van der Waals surface area (Å²) in [5, 5.41) is 13.8. The molecule has 2 aliphatic rings. The van der Waals surface area contributed by atoms with Gasteiger partial charge in [0, 0.05) is 35.8 Å². The SMILES string of the molecule is COC(=O)C(Cc1cccc(C(=N)N)c1)[C@@H](C)NC(=O)C1=CCC(C2=CNCC=C2)C=C1. The molecule has 0 spiro atoms. The Balaban J connectivity index is 1.65. The molecular formula is C25H30N4O3. The van der Waals surface area contributed by atoms with E-state index < -0.39 is 17.9 Å². The van der Waals surface area contributed by atoms with Gasteiger partial charge >= 0.3 is 5.97 Å². The van der Waals surface area contributed by atoms with Crippen molar-refractivity contribution in [3.8, 4) is 0 Å². The number of hydrogen-bond acceptors (Lipinski definition) is 5. The number of amidine groups is 1. The van der Waals surface area contributed by atoms with Crippen LogP contribution in [-0.4, -0.2) is 37.4 Å². The molecule has 0 saturated carbocycles. The van der Waals surface area contributed by atoms with Gasteiger partial charge < -0.3 is 21.1 Å². The van der Waals surface area contributed by atoms with Gasteiger partial charge in [0.15, 0.2) is 0 Å². The Kier molecular flexibility index (Phi) is 7.65. The zero-order valence-corrected chi connectivity index (χ0v) is 18.4. The summed E-state index contributed by atoms with van der Waals surface area (Å²) in [7, 11) is 1.34. The number of carbonyl (C=O) groups is 2. The van der Waals surface area contributed by atoms with Crippen LogP contribution in [0.5, 0.6) is 0 Å². The lowest BCUT2D eigenvalue weighted by Gasteiger charge is -2.24. The van der Waals surface area contributed by atoms with E-state index in [1.807, 2.05) is 30.5 Å². The molecule has 0 aromatic heterocycles. The smallest absolute Gasteiger partial charge is 0.311 e. The van der Waals surface area contributed by atoms with Crippen molar-refractivity contribution in [2.45, 2.75) is 25.8 Å². The van der Waals surface area contributed by atoms with Gasteiger partial charge in [-0.05, 0) is 37.0 Å². The maximum atomic E-state index is 12.8. The van der Waals surface area contributed by atoms with Crippen molar-refractivity contribution in [2.24, 2.45) is 17.6 Å². The first kappa shape index (κ1) is 23.1. The molecule has 1 aromatic rings. The van der Waals surface area contributed by atoms with Gasteiger partial charge in [0.25, 0.3) is 5.91 Å². The zero-order chi connectivity index (χ0) is 23.1. The topological polar surface area (TPSA) is 117 Å². The van der Waals surface area contributed by atoms with Gasteiger partial charge in [0.2, 0.25) is 0 Å². The minimum absolute atomic E-state index is 0.0348. The first-order chi connectivity index (χ1) is 15.4. The fraction of sp³-hybridized carbons (Fsp3) is 0.320. The molecule has 3 atom stereocenters. The predicted octanol–water partition coefficient (Wildman–Crippen LogP) is 2.35. The number of amides is 1. The number of dihydropyridines is 1. The van der Waals surface area contributed by atoms with Crippen molar-refractivity contribution in [3.05, 3.63) is 83.1 Å². The Hall–Kier alpha value is -3.61. The third-order valence-electron chi connectivity index (χ3n) is 5.76. The van der Waals surface area contributed by atoms with Crippen LogP contribution in [0, 0.1) is 17.2 Å². The summed E-state index contributed by atoms with van der Waals surface area (Å²) in [6.07, 6.45) is 13.1. The molecule has 0 fully saturated rings. The molecule has 168 valence electrons. The first-order valence-electron chi connectivity index (χ1n) is 10.7. The molecule has 7 nitrogen and oxygen atoms in total. The summed E-state index contributed by atoms with van der Waals surface area (Å²) in [4.78, 5) is 25.3. The van der Waals surface area contributed by atoms with E-state index in [0.717, 1.165) is 18.5 Å². The second-order valence-corrected chi connectivity index (χ2v) is 8.03. The summed E-state index contributed by atoms with van der Waals surface area (Å²) in [5.41, 5.74) is 8.79. The number of rotatable bonds is 8. The van der Waals surface area contributed by atoms with E-state index in [0.29, 0.717) is 17.6 Å². The molecule has 0 radical (unpaired) electrons. The van der Waals surface area contributed by atoms with Crippen LogP contribution in [0.2, 0.25) is 0 Å². The van der Waals surface area contributed by atoms with Crippen LogP contribution in [0.1, 0.15) is 24.5 Å². The van der Waals surface area contributed by atoms with E-state index in [-0.39, 0.29) is 17.7 Å². The number of nitrogens with one attached hydrogen (secondary N) is 3. The van der Waals surface area contributed by atoms with Gasteiger partial charge in [0.1, 0.15) is 5.84 Å². The molecule has 2 unspecified atom stereocenters. The van der Waals surface area contributed by atoms with Crippen molar-refractivity contribution in [1.29, 1.82) is 5.41 Å². The van der Waals surface area contributed by atoms with Crippen molar-refractivity contribution >= 4 is 17.7 Å². The summed E-state index contributed by atoms with van der Waals surface area (Å²) in [6.45, 7) is 2.63. The zero-order valence-electron chi connectivity index (χ0n) is 18.4. The Labute approximate surface area is 188 Å². The molecule has 1 aliphatic heterocycles. The number of allylic oxidation sites excluding steroid dienone is 4. The Morgan fingerprint density at radius 2 is 2.16 bits per heavy atom. The summed E-state index contributed by atoms with van der Waals surface area (Å²) >= 11 is 0. The molecular weight excluding hydrogens is 404 g/mol. The summed E-state index contributed by atoms with van der Waals surface area (Å²) in [6, 6.07) is 6.74. The van der Waals surface area contributed by atoms with E-state index in [2.05, 4.69) is 22.8 Å². The number of ether oxygens (including phenoxy) is 1. The molecule has 3 rings (SSSR count). The Bertz CT molecular complexity index is 1010. The molecule has 1 aliphatic carbocycles. The van der Waals surface area contributed by atoms with Crippen LogP contribution < -0.4 is 16.4 Å². The molecule has 5 N–H and O–H groups in total. The highest BCUT2D eigenvalue weighted by molar-refractivity contribution is 5.97. The molecule has 1 aromatic carbocycles. The number of carbonyl (C=O) groups excluding carboxylic acids is 2. The first-order valence-corrected chi connectivity index (χ1v) is 10.7. The quantitative estimate of drug-likeness (QED) is 0.285. The van der Waals surface area contributed by atoms with E-state index in [4.69, 9.17) is 15.9 Å². The van der Waals surface area contributed by atoms with Gasteiger partial charge in [0.05, 0.1) is 13.0 Å².